The molecule has 4 heteroatoms. The Morgan fingerprint density at radius 2 is 2.00 bits per heavy atom. The van der Waals surface area contributed by atoms with Crippen molar-refractivity contribution < 1.29 is 9.84 Å². The minimum absolute atomic E-state index is 0.298. The molecule has 0 aliphatic carbocycles. The van der Waals surface area contributed by atoms with Crippen LogP contribution in [0.4, 0.5) is 0 Å². The van der Waals surface area contributed by atoms with Gasteiger partial charge in [-0.05, 0) is 56.0 Å². The standard InChI is InChI=1S/C15H26N2O2/c1-10-7-13(5-6-17-9-14(18)8-16)11(2)12(3)15(10)19-4/h7,14,17-18H,5-6,8-9,16H2,1-4H3. The summed E-state index contributed by atoms with van der Waals surface area (Å²) in [5.74, 6) is 0.979. The lowest BCUT2D eigenvalue weighted by Gasteiger charge is -2.16. The first-order chi connectivity index (χ1) is 9.01. The van der Waals surface area contributed by atoms with Crippen LogP contribution in [0.25, 0.3) is 0 Å². The number of aryl methyl sites for hydroxylation is 1. The highest BCUT2D eigenvalue weighted by Gasteiger charge is 2.10. The van der Waals surface area contributed by atoms with Crippen molar-refractivity contribution in [2.24, 2.45) is 5.73 Å². The summed E-state index contributed by atoms with van der Waals surface area (Å²) < 4.78 is 5.42. The molecule has 108 valence electrons. The minimum Gasteiger partial charge on any atom is -0.496 e. The van der Waals surface area contributed by atoms with E-state index < -0.39 is 6.10 Å². The molecule has 0 heterocycles. The van der Waals surface area contributed by atoms with Crippen LogP contribution in [0.5, 0.6) is 5.75 Å². The van der Waals surface area contributed by atoms with Gasteiger partial charge in [-0.3, -0.25) is 0 Å². The highest BCUT2D eigenvalue weighted by molar-refractivity contribution is 5.49. The zero-order valence-electron chi connectivity index (χ0n) is 12.4. The number of ether oxygens (including phenoxy) is 1. The summed E-state index contributed by atoms with van der Waals surface area (Å²) in [4.78, 5) is 0. The normalized spacial score (nSPS) is 12.5. The second kappa shape index (κ2) is 7.48. The SMILES string of the molecule is COc1c(C)cc(CCNCC(O)CN)c(C)c1C. The van der Waals surface area contributed by atoms with Crippen LogP contribution in [0.15, 0.2) is 6.07 Å². The molecule has 0 spiro atoms. The number of methoxy groups -OCH3 is 1. The van der Waals surface area contributed by atoms with Crippen LogP contribution >= 0.6 is 0 Å². The third-order valence-electron chi connectivity index (χ3n) is 3.56. The number of hydrogen-bond acceptors (Lipinski definition) is 4. The molecule has 1 rings (SSSR count). The molecular formula is C15H26N2O2. The van der Waals surface area contributed by atoms with Crippen molar-refractivity contribution in [1.82, 2.24) is 5.32 Å². The average molecular weight is 266 g/mol. The Balaban J connectivity index is 2.64. The van der Waals surface area contributed by atoms with Gasteiger partial charge in [0, 0.05) is 13.1 Å². The van der Waals surface area contributed by atoms with Gasteiger partial charge in [0.25, 0.3) is 0 Å². The molecule has 0 aromatic heterocycles. The quantitative estimate of drug-likeness (QED) is 0.646. The predicted molar refractivity (Wildman–Crippen MR) is 78.8 cm³/mol. The van der Waals surface area contributed by atoms with Crippen molar-refractivity contribution in [2.45, 2.75) is 33.3 Å². The Kier molecular flexibility index (Phi) is 6.28. The number of nitrogens with two attached hydrogens (primary N) is 1. The van der Waals surface area contributed by atoms with E-state index >= 15 is 0 Å². The molecule has 1 atom stereocenters. The van der Waals surface area contributed by atoms with E-state index in [4.69, 9.17) is 10.5 Å². The van der Waals surface area contributed by atoms with Gasteiger partial charge in [0.2, 0.25) is 0 Å². The van der Waals surface area contributed by atoms with Crippen LogP contribution < -0.4 is 15.8 Å². The van der Waals surface area contributed by atoms with E-state index in [1.54, 1.807) is 7.11 Å². The minimum atomic E-state index is -0.458. The highest BCUT2D eigenvalue weighted by Crippen LogP contribution is 2.28. The monoisotopic (exact) mass is 266 g/mol. The summed E-state index contributed by atoms with van der Waals surface area (Å²) in [5, 5.41) is 12.6. The van der Waals surface area contributed by atoms with Gasteiger partial charge in [-0.15, -0.1) is 0 Å². The van der Waals surface area contributed by atoms with Crippen molar-refractivity contribution in [3.63, 3.8) is 0 Å². The second-order valence-corrected chi connectivity index (χ2v) is 4.98. The van der Waals surface area contributed by atoms with Crippen molar-refractivity contribution in [1.29, 1.82) is 0 Å². The topological polar surface area (TPSA) is 67.5 Å². The third kappa shape index (κ3) is 4.20. The number of nitrogens with one attached hydrogen (secondary N) is 1. The van der Waals surface area contributed by atoms with E-state index in [9.17, 15) is 5.11 Å². The van der Waals surface area contributed by atoms with E-state index in [0.717, 1.165) is 18.7 Å². The molecule has 1 aromatic rings. The molecule has 0 bridgehead atoms. The predicted octanol–water partition coefficient (Wildman–Crippen LogP) is 1.07. The highest BCUT2D eigenvalue weighted by atomic mass is 16.5. The lowest BCUT2D eigenvalue weighted by Crippen LogP contribution is -2.33. The van der Waals surface area contributed by atoms with Crippen LogP contribution in [-0.4, -0.2) is 38.0 Å². The Morgan fingerprint density at radius 1 is 1.32 bits per heavy atom. The molecule has 1 unspecified atom stereocenters. The molecule has 1 aromatic carbocycles. The first kappa shape index (κ1) is 16.0. The molecule has 0 aliphatic heterocycles. The van der Waals surface area contributed by atoms with Gasteiger partial charge >= 0.3 is 0 Å². The largest absolute Gasteiger partial charge is 0.496 e. The van der Waals surface area contributed by atoms with E-state index in [2.05, 4.69) is 32.2 Å². The van der Waals surface area contributed by atoms with Gasteiger partial charge in [0.05, 0.1) is 13.2 Å². The molecule has 0 radical (unpaired) electrons. The van der Waals surface area contributed by atoms with E-state index in [1.165, 1.54) is 22.3 Å². The maximum Gasteiger partial charge on any atom is 0.124 e. The summed E-state index contributed by atoms with van der Waals surface area (Å²) in [7, 11) is 1.71. The van der Waals surface area contributed by atoms with Crippen LogP contribution in [0.1, 0.15) is 22.3 Å². The van der Waals surface area contributed by atoms with Crippen molar-refractivity contribution in [3.05, 3.63) is 28.3 Å². The van der Waals surface area contributed by atoms with Gasteiger partial charge in [-0.2, -0.15) is 0 Å². The fourth-order valence-electron chi connectivity index (χ4n) is 2.29. The molecule has 0 saturated heterocycles. The smallest absolute Gasteiger partial charge is 0.124 e. The summed E-state index contributed by atoms with van der Waals surface area (Å²) in [6.07, 6.45) is 0.481. The number of aliphatic hydroxyl groups is 1. The number of hydrogen-bond donors (Lipinski definition) is 3. The molecule has 0 amide bonds. The van der Waals surface area contributed by atoms with E-state index in [-0.39, 0.29) is 0 Å². The zero-order chi connectivity index (χ0) is 14.4. The van der Waals surface area contributed by atoms with E-state index in [1.807, 2.05) is 0 Å². The van der Waals surface area contributed by atoms with Gasteiger partial charge in [0.15, 0.2) is 0 Å². The Morgan fingerprint density at radius 3 is 2.58 bits per heavy atom. The summed E-state index contributed by atoms with van der Waals surface area (Å²) >= 11 is 0. The van der Waals surface area contributed by atoms with Gasteiger partial charge < -0.3 is 20.9 Å². The molecule has 19 heavy (non-hydrogen) atoms. The van der Waals surface area contributed by atoms with Crippen LogP contribution in [0.3, 0.4) is 0 Å². The van der Waals surface area contributed by atoms with Crippen LogP contribution in [0, 0.1) is 20.8 Å². The number of aliphatic hydroxyl groups excluding tert-OH is 1. The Hall–Kier alpha value is -1.10. The first-order valence-corrected chi connectivity index (χ1v) is 6.73. The summed E-state index contributed by atoms with van der Waals surface area (Å²) in [6, 6.07) is 2.18. The average Bonchev–Trinajstić information content (AvgIpc) is 2.40. The fourth-order valence-corrected chi connectivity index (χ4v) is 2.29. The molecule has 0 fully saturated rings. The van der Waals surface area contributed by atoms with Crippen LogP contribution in [-0.2, 0) is 6.42 Å². The lowest BCUT2D eigenvalue weighted by atomic mass is 9.96. The summed E-state index contributed by atoms with van der Waals surface area (Å²) in [6.45, 7) is 7.97. The van der Waals surface area contributed by atoms with Gasteiger partial charge in [-0.25, -0.2) is 0 Å². The Bertz CT molecular complexity index is 419. The van der Waals surface area contributed by atoms with Crippen LogP contribution in [0.2, 0.25) is 0 Å². The molecule has 0 saturated carbocycles. The van der Waals surface area contributed by atoms with E-state index in [0.29, 0.717) is 13.1 Å². The maximum atomic E-state index is 9.36. The number of benzene rings is 1. The summed E-state index contributed by atoms with van der Waals surface area (Å²) in [5.41, 5.74) is 10.3. The third-order valence-corrected chi connectivity index (χ3v) is 3.56. The van der Waals surface area contributed by atoms with Gasteiger partial charge in [0.1, 0.15) is 5.75 Å². The number of rotatable bonds is 7. The van der Waals surface area contributed by atoms with Crippen molar-refractivity contribution >= 4 is 0 Å². The maximum absolute atomic E-state index is 9.36. The van der Waals surface area contributed by atoms with Crippen molar-refractivity contribution in [3.8, 4) is 5.75 Å². The Labute approximate surface area is 116 Å². The van der Waals surface area contributed by atoms with Gasteiger partial charge in [-0.1, -0.05) is 6.07 Å². The lowest BCUT2D eigenvalue weighted by molar-refractivity contribution is 0.180. The molecular weight excluding hydrogens is 240 g/mol. The molecule has 4 N–H and O–H groups in total. The zero-order valence-corrected chi connectivity index (χ0v) is 12.4. The fraction of sp³-hybridized carbons (Fsp3) is 0.600. The second-order valence-electron chi connectivity index (χ2n) is 4.98. The molecule has 0 aliphatic rings. The molecule has 4 nitrogen and oxygen atoms in total. The van der Waals surface area contributed by atoms with Crippen molar-refractivity contribution in [2.75, 3.05) is 26.7 Å². The first-order valence-electron chi connectivity index (χ1n) is 6.73.